The van der Waals surface area contributed by atoms with Crippen LogP contribution in [-0.2, 0) is 4.79 Å². The molecule has 0 amide bonds. The summed E-state index contributed by atoms with van der Waals surface area (Å²) in [5.74, 6) is 0.122. The number of allylic oxidation sites excluding steroid dienone is 5. The molecule has 0 radical (unpaired) electrons. The van der Waals surface area contributed by atoms with E-state index in [1.807, 2.05) is 48.8 Å². The van der Waals surface area contributed by atoms with Gasteiger partial charge in [0.25, 0.3) is 0 Å². The smallest absolute Gasteiger partial charge is 0.331 e. The molecule has 19 heavy (non-hydrogen) atoms. The Morgan fingerprint density at radius 1 is 1.05 bits per heavy atom. The van der Waals surface area contributed by atoms with Crippen LogP contribution in [0.25, 0.3) is 5.47 Å². The summed E-state index contributed by atoms with van der Waals surface area (Å²) in [6.45, 7) is 1.62. The molecule has 1 aromatic rings. The first-order valence-electron chi connectivity index (χ1n) is 6.38. The highest BCUT2D eigenvalue weighted by Crippen LogP contribution is 2.30. The van der Waals surface area contributed by atoms with Gasteiger partial charge in [-0.2, -0.15) is 0 Å². The standard InChI is InChI=1S/C16H14BNO/c1-13(19)15-9-5-11-18-12-6-10-16(17(15)18)14-7-3-2-4-8-14/h2-12H,1H3. The van der Waals surface area contributed by atoms with E-state index in [4.69, 9.17) is 0 Å². The van der Waals surface area contributed by atoms with Crippen LogP contribution < -0.4 is 0 Å². The highest BCUT2D eigenvalue weighted by molar-refractivity contribution is 6.87. The van der Waals surface area contributed by atoms with E-state index in [1.165, 1.54) is 0 Å². The van der Waals surface area contributed by atoms with Gasteiger partial charge in [0.05, 0.1) is 0 Å². The van der Waals surface area contributed by atoms with E-state index in [1.54, 1.807) is 6.92 Å². The van der Waals surface area contributed by atoms with Gasteiger partial charge < -0.3 is 4.81 Å². The summed E-state index contributed by atoms with van der Waals surface area (Å²) in [4.78, 5) is 13.9. The van der Waals surface area contributed by atoms with E-state index in [0.717, 1.165) is 16.5 Å². The van der Waals surface area contributed by atoms with Crippen molar-refractivity contribution in [1.82, 2.24) is 4.81 Å². The molecule has 2 aliphatic heterocycles. The Hall–Kier alpha value is -2.29. The summed E-state index contributed by atoms with van der Waals surface area (Å²) >= 11 is 0. The van der Waals surface area contributed by atoms with Crippen molar-refractivity contribution in [2.75, 3.05) is 0 Å². The van der Waals surface area contributed by atoms with Crippen molar-refractivity contribution >= 4 is 18.1 Å². The molecule has 0 aromatic heterocycles. The number of fused-ring (bicyclic) bond motifs is 1. The summed E-state index contributed by atoms with van der Waals surface area (Å²) in [5, 5.41) is 0. The van der Waals surface area contributed by atoms with Crippen molar-refractivity contribution in [2.45, 2.75) is 6.92 Å². The van der Waals surface area contributed by atoms with Crippen LogP contribution in [0.5, 0.6) is 0 Å². The minimum absolute atomic E-state index is 0.00472. The first-order chi connectivity index (χ1) is 9.27. The lowest BCUT2D eigenvalue weighted by Crippen LogP contribution is -2.40. The molecule has 0 saturated carbocycles. The van der Waals surface area contributed by atoms with E-state index in [2.05, 4.69) is 23.0 Å². The third-order valence-electron chi connectivity index (χ3n) is 3.47. The second-order valence-corrected chi connectivity index (χ2v) is 4.70. The molecule has 2 aliphatic rings. The maximum Gasteiger partial charge on any atom is 0.331 e. The molecule has 0 spiro atoms. The predicted octanol–water partition coefficient (Wildman–Crippen LogP) is 3.01. The van der Waals surface area contributed by atoms with Gasteiger partial charge in [0.15, 0.2) is 0 Å². The van der Waals surface area contributed by atoms with Gasteiger partial charge >= 0.3 is 6.85 Å². The minimum Gasteiger partial charge on any atom is -0.389 e. The van der Waals surface area contributed by atoms with Gasteiger partial charge in [0.1, 0.15) is 5.78 Å². The molecule has 0 fully saturated rings. The van der Waals surface area contributed by atoms with Crippen molar-refractivity contribution in [2.24, 2.45) is 0 Å². The molecule has 1 aromatic carbocycles. The van der Waals surface area contributed by atoms with Crippen molar-refractivity contribution in [3.8, 4) is 0 Å². The first kappa shape index (κ1) is 11.8. The van der Waals surface area contributed by atoms with Gasteiger partial charge in [-0.15, -0.1) is 0 Å². The molecule has 2 heterocycles. The van der Waals surface area contributed by atoms with Gasteiger partial charge in [0, 0.05) is 0 Å². The zero-order valence-corrected chi connectivity index (χ0v) is 10.8. The minimum atomic E-state index is -0.00472. The van der Waals surface area contributed by atoms with Crippen LogP contribution in [0.4, 0.5) is 0 Å². The summed E-state index contributed by atoms with van der Waals surface area (Å²) < 4.78 is 0. The zero-order valence-electron chi connectivity index (χ0n) is 10.8. The van der Waals surface area contributed by atoms with Crippen molar-refractivity contribution in [3.05, 3.63) is 78.1 Å². The van der Waals surface area contributed by atoms with Gasteiger partial charge in [0.2, 0.25) is 0 Å². The van der Waals surface area contributed by atoms with Crippen LogP contribution in [0.15, 0.2) is 72.5 Å². The molecule has 3 rings (SSSR count). The Bertz CT molecular complexity index is 625. The lowest BCUT2D eigenvalue weighted by Gasteiger charge is -2.32. The molecule has 92 valence electrons. The number of carbonyl (C=O) groups is 1. The maximum absolute atomic E-state index is 11.9. The normalized spacial score (nSPS) is 16.9. The SMILES string of the molecule is CC(=O)C1=CC=CN2C=CC=C(c3ccccc3)B12. The van der Waals surface area contributed by atoms with Gasteiger partial charge in [-0.25, -0.2) is 0 Å². The Labute approximate surface area is 113 Å². The van der Waals surface area contributed by atoms with Crippen LogP contribution >= 0.6 is 0 Å². The number of ketones is 1. The summed E-state index contributed by atoms with van der Waals surface area (Å²) in [6, 6.07) is 10.2. The van der Waals surface area contributed by atoms with Crippen LogP contribution in [0.1, 0.15) is 12.5 Å². The van der Waals surface area contributed by atoms with Crippen molar-refractivity contribution in [1.29, 1.82) is 0 Å². The van der Waals surface area contributed by atoms with E-state index in [0.29, 0.717) is 0 Å². The Morgan fingerprint density at radius 2 is 1.74 bits per heavy atom. The Kier molecular flexibility index (Phi) is 2.96. The highest BCUT2D eigenvalue weighted by Gasteiger charge is 2.34. The summed E-state index contributed by atoms with van der Waals surface area (Å²) in [6.07, 6.45) is 12.0. The van der Waals surface area contributed by atoms with E-state index in [-0.39, 0.29) is 12.6 Å². The van der Waals surface area contributed by atoms with E-state index >= 15 is 0 Å². The molecule has 0 bridgehead atoms. The molecular weight excluding hydrogens is 233 g/mol. The number of nitrogens with zero attached hydrogens (tertiary/aromatic N) is 1. The first-order valence-corrected chi connectivity index (χ1v) is 6.38. The number of Topliss-reactive ketones (excluding diaryl/α,β-unsaturated/α-hetero) is 1. The van der Waals surface area contributed by atoms with Crippen molar-refractivity contribution < 1.29 is 4.79 Å². The molecule has 0 aliphatic carbocycles. The molecule has 0 saturated heterocycles. The van der Waals surface area contributed by atoms with Crippen LogP contribution in [0, 0.1) is 0 Å². The number of rotatable bonds is 2. The molecule has 3 heteroatoms. The summed E-state index contributed by atoms with van der Waals surface area (Å²) in [7, 11) is 0. The fraction of sp³-hybridized carbons (Fsp3) is 0.0625. The van der Waals surface area contributed by atoms with Gasteiger partial charge in [-0.05, 0) is 48.0 Å². The highest BCUT2D eigenvalue weighted by atomic mass is 16.1. The predicted molar refractivity (Wildman–Crippen MR) is 79.1 cm³/mol. The lowest BCUT2D eigenvalue weighted by molar-refractivity contribution is -0.113. The lowest BCUT2D eigenvalue weighted by atomic mass is 9.44. The third kappa shape index (κ3) is 2.08. The molecular formula is C16H14BNO. The Balaban J connectivity index is 2.08. The number of carbonyl (C=O) groups excluding carboxylic acids is 1. The topological polar surface area (TPSA) is 20.3 Å². The number of hydrogen-bond donors (Lipinski definition) is 0. The quantitative estimate of drug-likeness (QED) is 0.748. The Morgan fingerprint density at radius 3 is 2.42 bits per heavy atom. The second-order valence-electron chi connectivity index (χ2n) is 4.70. The molecule has 0 atom stereocenters. The van der Waals surface area contributed by atoms with Crippen LogP contribution in [-0.4, -0.2) is 17.4 Å². The van der Waals surface area contributed by atoms with Crippen molar-refractivity contribution in [3.63, 3.8) is 0 Å². The second kappa shape index (κ2) is 4.77. The largest absolute Gasteiger partial charge is 0.389 e. The average Bonchev–Trinajstić information content (AvgIpc) is 2.46. The molecule has 2 nitrogen and oxygen atoms in total. The van der Waals surface area contributed by atoms with E-state index in [9.17, 15) is 4.79 Å². The van der Waals surface area contributed by atoms with Gasteiger partial charge in [-0.1, -0.05) is 42.5 Å². The van der Waals surface area contributed by atoms with Crippen LogP contribution in [0.3, 0.4) is 0 Å². The van der Waals surface area contributed by atoms with E-state index < -0.39 is 0 Å². The summed E-state index contributed by atoms with van der Waals surface area (Å²) in [5.41, 5.74) is 3.15. The maximum atomic E-state index is 11.9. The number of benzene rings is 1. The molecule has 0 N–H and O–H groups in total. The molecule has 0 unspecified atom stereocenters. The van der Waals surface area contributed by atoms with Gasteiger partial charge in [-0.3, -0.25) is 4.79 Å². The third-order valence-corrected chi connectivity index (χ3v) is 3.47. The fourth-order valence-corrected chi connectivity index (χ4v) is 2.58. The monoisotopic (exact) mass is 247 g/mol. The zero-order chi connectivity index (χ0) is 13.2. The number of hydrogen-bond acceptors (Lipinski definition) is 2. The van der Waals surface area contributed by atoms with Crippen LogP contribution in [0.2, 0.25) is 0 Å². The fourth-order valence-electron chi connectivity index (χ4n) is 2.58. The average molecular weight is 247 g/mol.